The quantitative estimate of drug-likeness (QED) is 0.682. The van der Waals surface area contributed by atoms with E-state index < -0.39 is 0 Å². The zero-order chi connectivity index (χ0) is 13.5. The zero-order valence-electron chi connectivity index (χ0n) is 11.0. The highest BCUT2D eigenvalue weighted by atomic mass is 15.3. The van der Waals surface area contributed by atoms with E-state index in [-0.39, 0.29) is 0 Å². The van der Waals surface area contributed by atoms with Gasteiger partial charge in [0.25, 0.3) is 0 Å². The Morgan fingerprint density at radius 1 is 1.10 bits per heavy atom. The maximum atomic E-state index is 5.89. The Kier molecular flexibility index (Phi) is 2.39. The number of nitrogen functional groups attached to an aromatic ring is 1. The lowest BCUT2D eigenvalue weighted by atomic mass is 9.99. The molecule has 0 spiro atoms. The fourth-order valence-electron chi connectivity index (χ4n) is 2.84. The minimum Gasteiger partial charge on any atom is -0.399 e. The van der Waals surface area contributed by atoms with E-state index in [1.165, 1.54) is 11.1 Å². The minimum absolute atomic E-state index is 0.820. The standard InChI is InChI=1S/C15H15N5/c16-13-2-1-11-4-7-19(10-12(11)9-13)15-14-3-5-18-20(14)8-6-17-15/h1-3,5-6,8-9H,4,7,10,16H2. The first-order valence-electron chi connectivity index (χ1n) is 6.72. The number of benzene rings is 1. The second-order valence-electron chi connectivity index (χ2n) is 5.11. The van der Waals surface area contributed by atoms with Crippen LogP contribution in [0.1, 0.15) is 11.1 Å². The number of rotatable bonds is 1. The summed E-state index contributed by atoms with van der Waals surface area (Å²) >= 11 is 0. The van der Waals surface area contributed by atoms with Crippen LogP contribution < -0.4 is 10.6 Å². The summed E-state index contributed by atoms with van der Waals surface area (Å²) in [5.41, 5.74) is 10.4. The molecule has 3 aromatic rings. The fourth-order valence-corrected chi connectivity index (χ4v) is 2.84. The Hall–Kier alpha value is -2.56. The molecule has 0 aliphatic carbocycles. The van der Waals surface area contributed by atoms with Gasteiger partial charge in [0, 0.05) is 31.2 Å². The molecule has 0 unspecified atom stereocenters. The highest BCUT2D eigenvalue weighted by Crippen LogP contribution is 2.27. The van der Waals surface area contributed by atoms with Gasteiger partial charge in [-0.05, 0) is 35.7 Å². The number of nitrogens with zero attached hydrogens (tertiary/aromatic N) is 4. The SMILES string of the molecule is Nc1ccc2c(c1)CN(c1nccn3nccc13)CC2. The molecular weight excluding hydrogens is 250 g/mol. The Balaban J connectivity index is 1.76. The Morgan fingerprint density at radius 3 is 3.00 bits per heavy atom. The van der Waals surface area contributed by atoms with Crippen molar-refractivity contribution in [3.63, 3.8) is 0 Å². The van der Waals surface area contributed by atoms with Gasteiger partial charge >= 0.3 is 0 Å². The van der Waals surface area contributed by atoms with Crippen molar-refractivity contribution >= 4 is 17.0 Å². The summed E-state index contributed by atoms with van der Waals surface area (Å²) in [5.74, 6) is 0.984. The topological polar surface area (TPSA) is 59.5 Å². The van der Waals surface area contributed by atoms with E-state index in [4.69, 9.17) is 5.73 Å². The first kappa shape index (κ1) is 11.3. The van der Waals surface area contributed by atoms with Crippen molar-refractivity contribution in [2.24, 2.45) is 0 Å². The number of fused-ring (bicyclic) bond motifs is 2. The van der Waals surface area contributed by atoms with E-state index in [9.17, 15) is 0 Å². The van der Waals surface area contributed by atoms with Gasteiger partial charge in [0.15, 0.2) is 5.82 Å². The molecule has 0 saturated heterocycles. The number of aromatic nitrogens is 3. The minimum atomic E-state index is 0.820. The summed E-state index contributed by atoms with van der Waals surface area (Å²) in [6.07, 6.45) is 6.49. The largest absolute Gasteiger partial charge is 0.399 e. The van der Waals surface area contributed by atoms with E-state index in [2.05, 4.69) is 27.1 Å². The van der Waals surface area contributed by atoms with Gasteiger partial charge in [0.2, 0.25) is 0 Å². The summed E-state index contributed by atoms with van der Waals surface area (Å²) in [6, 6.07) is 8.18. The smallest absolute Gasteiger partial charge is 0.154 e. The van der Waals surface area contributed by atoms with Crippen LogP contribution in [0, 0.1) is 0 Å². The molecule has 1 aromatic carbocycles. The van der Waals surface area contributed by atoms with E-state index in [1.807, 2.05) is 22.8 Å². The van der Waals surface area contributed by atoms with Gasteiger partial charge in [0.1, 0.15) is 5.52 Å². The van der Waals surface area contributed by atoms with Crippen LogP contribution in [0.3, 0.4) is 0 Å². The molecule has 0 saturated carbocycles. The third-order valence-electron chi connectivity index (χ3n) is 3.85. The van der Waals surface area contributed by atoms with E-state index in [0.717, 1.165) is 36.5 Å². The van der Waals surface area contributed by atoms with Crippen molar-refractivity contribution in [2.45, 2.75) is 13.0 Å². The van der Waals surface area contributed by atoms with Crippen LogP contribution in [0.2, 0.25) is 0 Å². The number of nitrogens with two attached hydrogens (primary N) is 1. The van der Waals surface area contributed by atoms with Crippen molar-refractivity contribution in [3.8, 4) is 0 Å². The molecule has 3 heterocycles. The van der Waals surface area contributed by atoms with Crippen LogP contribution in [0.4, 0.5) is 11.5 Å². The number of hydrogen-bond donors (Lipinski definition) is 1. The third kappa shape index (κ3) is 1.71. The molecule has 4 rings (SSSR count). The molecule has 0 amide bonds. The van der Waals surface area contributed by atoms with Crippen LogP contribution in [0.15, 0.2) is 42.9 Å². The number of hydrogen-bond acceptors (Lipinski definition) is 4. The van der Waals surface area contributed by atoms with Crippen LogP contribution in [0.5, 0.6) is 0 Å². The van der Waals surface area contributed by atoms with Crippen molar-refractivity contribution in [1.82, 2.24) is 14.6 Å². The lowest BCUT2D eigenvalue weighted by Crippen LogP contribution is -2.31. The molecule has 2 aromatic heterocycles. The molecule has 5 heteroatoms. The van der Waals surface area contributed by atoms with E-state index >= 15 is 0 Å². The third-order valence-corrected chi connectivity index (χ3v) is 3.85. The average Bonchev–Trinajstić information content (AvgIpc) is 2.94. The van der Waals surface area contributed by atoms with Gasteiger partial charge in [-0.3, -0.25) is 0 Å². The number of anilines is 2. The summed E-state index contributed by atoms with van der Waals surface area (Å²) in [7, 11) is 0. The molecule has 0 radical (unpaired) electrons. The van der Waals surface area contributed by atoms with Crippen LogP contribution in [0.25, 0.3) is 5.52 Å². The van der Waals surface area contributed by atoms with E-state index in [1.54, 1.807) is 12.4 Å². The van der Waals surface area contributed by atoms with Crippen molar-refractivity contribution in [2.75, 3.05) is 17.2 Å². The molecule has 2 N–H and O–H groups in total. The van der Waals surface area contributed by atoms with E-state index in [0.29, 0.717) is 0 Å². The first-order chi connectivity index (χ1) is 9.81. The lowest BCUT2D eigenvalue weighted by Gasteiger charge is -2.30. The second kappa shape index (κ2) is 4.23. The van der Waals surface area contributed by atoms with Crippen molar-refractivity contribution in [1.29, 1.82) is 0 Å². The molecule has 0 atom stereocenters. The zero-order valence-corrected chi connectivity index (χ0v) is 11.0. The highest BCUT2D eigenvalue weighted by Gasteiger charge is 2.19. The maximum Gasteiger partial charge on any atom is 0.154 e. The molecule has 5 nitrogen and oxygen atoms in total. The van der Waals surface area contributed by atoms with Gasteiger partial charge in [-0.1, -0.05) is 6.07 Å². The highest BCUT2D eigenvalue weighted by molar-refractivity contribution is 5.69. The second-order valence-corrected chi connectivity index (χ2v) is 5.11. The molecule has 20 heavy (non-hydrogen) atoms. The Labute approximate surface area is 116 Å². The summed E-state index contributed by atoms with van der Waals surface area (Å²) in [4.78, 5) is 6.82. The Bertz CT molecular complexity index is 777. The van der Waals surface area contributed by atoms with Crippen molar-refractivity contribution in [3.05, 3.63) is 54.0 Å². The maximum absolute atomic E-state index is 5.89. The molecule has 1 aliphatic rings. The molecule has 0 fully saturated rings. The van der Waals surface area contributed by atoms with Gasteiger partial charge in [-0.2, -0.15) is 5.10 Å². The Morgan fingerprint density at radius 2 is 2.05 bits per heavy atom. The normalized spacial score (nSPS) is 14.5. The van der Waals surface area contributed by atoms with Gasteiger partial charge in [-0.25, -0.2) is 9.50 Å². The van der Waals surface area contributed by atoms with Crippen LogP contribution in [-0.4, -0.2) is 21.1 Å². The fraction of sp³-hybridized carbons (Fsp3) is 0.200. The summed E-state index contributed by atoms with van der Waals surface area (Å²) in [6.45, 7) is 1.81. The van der Waals surface area contributed by atoms with Crippen molar-refractivity contribution < 1.29 is 0 Å². The molecule has 0 bridgehead atoms. The lowest BCUT2D eigenvalue weighted by molar-refractivity contribution is 0.720. The van der Waals surface area contributed by atoms with Gasteiger partial charge in [0.05, 0.1) is 6.20 Å². The summed E-state index contributed by atoms with van der Waals surface area (Å²) < 4.78 is 1.86. The predicted molar refractivity (Wildman–Crippen MR) is 78.6 cm³/mol. The molecule has 1 aliphatic heterocycles. The van der Waals surface area contributed by atoms with Crippen LogP contribution >= 0.6 is 0 Å². The van der Waals surface area contributed by atoms with Gasteiger partial charge in [-0.15, -0.1) is 0 Å². The van der Waals surface area contributed by atoms with Gasteiger partial charge < -0.3 is 10.6 Å². The predicted octanol–water partition coefficient (Wildman–Crippen LogP) is 1.87. The average molecular weight is 265 g/mol. The monoisotopic (exact) mass is 265 g/mol. The van der Waals surface area contributed by atoms with Crippen LogP contribution in [-0.2, 0) is 13.0 Å². The molecular formula is C15H15N5. The summed E-state index contributed by atoms with van der Waals surface area (Å²) in [5, 5.41) is 4.26. The first-order valence-corrected chi connectivity index (χ1v) is 6.72. The molecule has 100 valence electrons.